The maximum atomic E-state index is 14.2. The Morgan fingerprint density at radius 3 is 2.50 bits per heavy atom. The lowest BCUT2D eigenvalue weighted by Gasteiger charge is -2.23. The number of rotatable bonds is 9. The molecule has 152 valence electrons. The van der Waals surface area contributed by atoms with E-state index in [9.17, 15) is 17.6 Å². The van der Waals surface area contributed by atoms with Gasteiger partial charge in [0.25, 0.3) is 0 Å². The molecule has 0 fully saturated rings. The van der Waals surface area contributed by atoms with Crippen LogP contribution in [0.2, 0.25) is 0 Å². The van der Waals surface area contributed by atoms with Gasteiger partial charge in [0, 0.05) is 24.0 Å². The van der Waals surface area contributed by atoms with Crippen molar-refractivity contribution in [2.75, 3.05) is 23.7 Å². The Hall–Kier alpha value is -1.93. The second-order valence-corrected chi connectivity index (χ2v) is 9.47. The van der Waals surface area contributed by atoms with E-state index >= 15 is 0 Å². The second kappa shape index (κ2) is 10.0. The summed E-state index contributed by atoms with van der Waals surface area (Å²) in [6.45, 7) is 2.55. The lowest BCUT2D eigenvalue weighted by molar-refractivity contribution is -0.121. The molecule has 0 aliphatic heterocycles. The van der Waals surface area contributed by atoms with Crippen molar-refractivity contribution in [3.05, 3.63) is 64.4 Å². The van der Waals surface area contributed by atoms with Gasteiger partial charge in [-0.2, -0.15) is 0 Å². The Morgan fingerprint density at radius 2 is 1.89 bits per heavy atom. The van der Waals surface area contributed by atoms with Crippen LogP contribution in [0.3, 0.4) is 0 Å². The first kappa shape index (κ1) is 22.4. The third kappa shape index (κ3) is 6.60. The predicted molar refractivity (Wildman–Crippen MR) is 113 cm³/mol. The highest BCUT2D eigenvalue weighted by Crippen LogP contribution is 2.25. The molecule has 1 atom stereocenters. The summed E-state index contributed by atoms with van der Waals surface area (Å²) in [5.74, 6) is -0.622. The van der Waals surface area contributed by atoms with Crippen molar-refractivity contribution in [2.24, 2.45) is 0 Å². The molecule has 0 aromatic heterocycles. The molecule has 0 bridgehead atoms. The maximum absolute atomic E-state index is 14.2. The molecule has 0 saturated heterocycles. The third-order valence-corrected chi connectivity index (χ3v) is 5.99. The normalized spacial score (nSPS) is 12.4. The molecule has 28 heavy (non-hydrogen) atoms. The first-order chi connectivity index (χ1) is 13.2. The zero-order valence-corrected chi connectivity index (χ0v) is 18.3. The first-order valence-corrected chi connectivity index (χ1v) is 11.6. The Morgan fingerprint density at radius 1 is 1.21 bits per heavy atom. The van der Waals surface area contributed by atoms with E-state index in [-0.39, 0.29) is 36.9 Å². The first-order valence-electron chi connectivity index (χ1n) is 8.93. The maximum Gasteiger partial charge on any atom is 0.232 e. The molecule has 0 heterocycles. The molecule has 8 heteroatoms. The van der Waals surface area contributed by atoms with Crippen molar-refractivity contribution in [1.29, 1.82) is 0 Å². The minimum atomic E-state index is -3.67. The lowest BCUT2D eigenvalue weighted by Crippen LogP contribution is -2.33. The van der Waals surface area contributed by atoms with Crippen LogP contribution in [-0.2, 0) is 14.8 Å². The van der Waals surface area contributed by atoms with E-state index in [1.807, 2.05) is 37.3 Å². The van der Waals surface area contributed by atoms with Gasteiger partial charge in [0.1, 0.15) is 5.82 Å². The van der Waals surface area contributed by atoms with Crippen LogP contribution in [-0.4, -0.2) is 33.7 Å². The van der Waals surface area contributed by atoms with Crippen LogP contribution in [0.15, 0.2) is 53.0 Å². The molecule has 1 amide bonds. The minimum absolute atomic E-state index is 0.0243. The summed E-state index contributed by atoms with van der Waals surface area (Å²) in [6, 6.07) is 14.1. The monoisotopic (exact) mass is 470 g/mol. The van der Waals surface area contributed by atoms with Crippen LogP contribution >= 0.6 is 15.9 Å². The van der Waals surface area contributed by atoms with E-state index < -0.39 is 15.8 Å². The third-order valence-electron chi connectivity index (χ3n) is 4.32. The SMILES string of the molecule is C[C@H](CNC(=O)CCCN(c1ccc(Br)cc1F)S(C)(=O)=O)c1ccccc1. The number of benzene rings is 2. The van der Waals surface area contributed by atoms with Crippen LogP contribution in [0.4, 0.5) is 10.1 Å². The topological polar surface area (TPSA) is 66.5 Å². The highest BCUT2D eigenvalue weighted by atomic mass is 79.9. The van der Waals surface area contributed by atoms with Crippen molar-refractivity contribution in [2.45, 2.75) is 25.7 Å². The van der Waals surface area contributed by atoms with Gasteiger partial charge in [0.05, 0.1) is 11.9 Å². The second-order valence-electron chi connectivity index (χ2n) is 6.65. The fourth-order valence-electron chi connectivity index (χ4n) is 2.79. The molecule has 2 aromatic rings. The molecule has 0 saturated carbocycles. The quantitative estimate of drug-likeness (QED) is 0.600. The highest BCUT2D eigenvalue weighted by Gasteiger charge is 2.21. The molecule has 2 rings (SSSR count). The number of carbonyl (C=O) groups excluding carboxylic acids is 1. The zero-order valence-electron chi connectivity index (χ0n) is 15.9. The summed E-state index contributed by atoms with van der Waals surface area (Å²) < 4.78 is 39.8. The molecule has 2 aromatic carbocycles. The van der Waals surface area contributed by atoms with Gasteiger partial charge in [0.2, 0.25) is 15.9 Å². The summed E-state index contributed by atoms with van der Waals surface area (Å²) in [6.07, 6.45) is 1.47. The largest absolute Gasteiger partial charge is 0.356 e. The Balaban J connectivity index is 1.89. The Kier molecular flexibility index (Phi) is 8.00. The van der Waals surface area contributed by atoms with Gasteiger partial charge in [-0.25, -0.2) is 12.8 Å². The molecule has 1 N–H and O–H groups in total. The van der Waals surface area contributed by atoms with E-state index in [0.29, 0.717) is 11.0 Å². The molecule has 0 aliphatic rings. The van der Waals surface area contributed by atoms with Gasteiger partial charge >= 0.3 is 0 Å². The van der Waals surface area contributed by atoms with Crippen LogP contribution < -0.4 is 9.62 Å². The summed E-state index contributed by atoms with van der Waals surface area (Å²) in [4.78, 5) is 12.1. The van der Waals surface area contributed by atoms with Crippen LogP contribution in [0, 0.1) is 5.82 Å². The van der Waals surface area contributed by atoms with Crippen LogP contribution in [0.1, 0.15) is 31.2 Å². The fourth-order valence-corrected chi connectivity index (χ4v) is 4.09. The number of hydrogen-bond donors (Lipinski definition) is 1. The molecule has 0 aliphatic carbocycles. The van der Waals surface area contributed by atoms with Crippen molar-refractivity contribution in [3.8, 4) is 0 Å². The van der Waals surface area contributed by atoms with Crippen molar-refractivity contribution < 1.29 is 17.6 Å². The van der Waals surface area contributed by atoms with E-state index in [0.717, 1.165) is 16.1 Å². The van der Waals surface area contributed by atoms with Crippen molar-refractivity contribution >= 4 is 37.5 Å². The number of amides is 1. The van der Waals surface area contributed by atoms with E-state index in [2.05, 4.69) is 21.2 Å². The molecule has 0 spiro atoms. The van der Waals surface area contributed by atoms with Crippen molar-refractivity contribution in [1.82, 2.24) is 5.32 Å². The van der Waals surface area contributed by atoms with Crippen molar-refractivity contribution in [3.63, 3.8) is 0 Å². The van der Waals surface area contributed by atoms with Gasteiger partial charge in [-0.15, -0.1) is 0 Å². The zero-order chi connectivity index (χ0) is 20.7. The van der Waals surface area contributed by atoms with Crippen LogP contribution in [0.5, 0.6) is 0 Å². The van der Waals surface area contributed by atoms with E-state index in [1.54, 1.807) is 6.07 Å². The average molecular weight is 471 g/mol. The summed E-state index contributed by atoms with van der Waals surface area (Å²) in [7, 11) is -3.67. The summed E-state index contributed by atoms with van der Waals surface area (Å²) in [5.41, 5.74) is 1.11. The number of halogens is 2. The summed E-state index contributed by atoms with van der Waals surface area (Å²) in [5, 5.41) is 2.86. The molecule has 0 radical (unpaired) electrons. The lowest BCUT2D eigenvalue weighted by atomic mass is 10.0. The number of nitrogens with zero attached hydrogens (tertiary/aromatic N) is 1. The Bertz CT molecular complexity index is 907. The number of anilines is 1. The van der Waals surface area contributed by atoms with E-state index in [1.165, 1.54) is 12.1 Å². The van der Waals surface area contributed by atoms with Gasteiger partial charge in [-0.05, 0) is 36.1 Å². The standard InChI is InChI=1S/C20H24BrFN2O3S/c1-15(16-7-4-3-5-8-16)14-23-20(25)9-6-12-24(28(2,26)27)19-11-10-17(21)13-18(19)22/h3-5,7-8,10-11,13,15H,6,9,12,14H2,1-2H3,(H,23,25)/t15-/m1/s1. The number of sulfonamides is 1. The molecule has 5 nitrogen and oxygen atoms in total. The number of carbonyl (C=O) groups is 1. The van der Waals surface area contributed by atoms with Gasteiger partial charge in [-0.1, -0.05) is 53.2 Å². The predicted octanol–water partition coefficient (Wildman–Crippen LogP) is 4.05. The smallest absolute Gasteiger partial charge is 0.232 e. The minimum Gasteiger partial charge on any atom is -0.356 e. The summed E-state index contributed by atoms with van der Waals surface area (Å²) >= 11 is 3.15. The Labute approximate surface area is 174 Å². The van der Waals surface area contributed by atoms with Crippen LogP contribution in [0.25, 0.3) is 0 Å². The van der Waals surface area contributed by atoms with Gasteiger partial charge < -0.3 is 5.32 Å². The average Bonchev–Trinajstić information content (AvgIpc) is 2.64. The fraction of sp³-hybridized carbons (Fsp3) is 0.350. The van der Waals surface area contributed by atoms with Gasteiger partial charge in [0.15, 0.2) is 0 Å². The molecule has 0 unspecified atom stereocenters. The number of hydrogen-bond acceptors (Lipinski definition) is 3. The highest BCUT2D eigenvalue weighted by molar-refractivity contribution is 9.10. The molecular weight excluding hydrogens is 447 g/mol. The van der Waals surface area contributed by atoms with E-state index in [4.69, 9.17) is 0 Å². The number of nitrogens with one attached hydrogen (secondary N) is 1. The molecular formula is C20H24BrFN2O3S. The van der Waals surface area contributed by atoms with Gasteiger partial charge in [-0.3, -0.25) is 9.10 Å².